The van der Waals surface area contributed by atoms with E-state index in [-0.39, 0.29) is 17.8 Å². The standard InChI is InChI=1S/C16H21FN2OS/c1-11(13-7-6-12(17)9-15(13)20)18-10-14(19(2)3)16-5-4-8-21-16/h4-9,11,14,18,20H,10H2,1-3H3. The second-order valence-electron chi connectivity index (χ2n) is 5.33. The number of halogens is 1. The molecule has 0 aliphatic rings. The van der Waals surface area contributed by atoms with Gasteiger partial charge >= 0.3 is 0 Å². The van der Waals surface area contributed by atoms with Crippen molar-refractivity contribution in [1.29, 1.82) is 0 Å². The summed E-state index contributed by atoms with van der Waals surface area (Å²) in [6.07, 6.45) is 0. The van der Waals surface area contributed by atoms with Gasteiger partial charge in [-0.15, -0.1) is 11.3 Å². The largest absolute Gasteiger partial charge is 0.508 e. The molecule has 2 rings (SSSR count). The molecule has 2 atom stereocenters. The monoisotopic (exact) mass is 308 g/mol. The van der Waals surface area contributed by atoms with Crippen molar-refractivity contribution in [2.75, 3.05) is 20.6 Å². The van der Waals surface area contributed by atoms with Crippen molar-refractivity contribution < 1.29 is 9.50 Å². The molecule has 0 radical (unpaired) electrons. The maximum Gasteiger partial charge on any atom is 0.126 e. The van der Waals surface area contributed by atoms with Crippen molar-refractivity contribution >= 4 is 11.3 Å². The Labute approximate surface area is 129 Å². The van der Waals surface area contributed by atoms with E-state index in [4.69, 9.17) is 0 Å². The molecule has 2 N–H and O–H groups in total. The number of nitrogens with one attached hydrogen (secondary N) is 1. The van der Waals surface area contributed by atoms with Gasteiger partial charge in [0.15, 0.2) is 0 Å². The van der Waals surface area contributed by atoms with Crippen LogP contribution in [0.15, 0.2) is 35.7 Å². The topological polar surface area (TPSA) is 35.5 Å². The van der Waals surface area contributed by atoms with Crippen LogP contribution in [-0.4, -0.2) is 30.6 Å². The number of rotatable bonds is 6. The summed E-state index contributed by atoms with van der Waals surface area (Å²) in [5.74, 6) is -0.430. The highest BCUT2D eigenvalue weighted by Crippen LogP contribution is 2.27. The zero-order valence-corrected chi connectivity index (χ0v) is 13.3. The Bertz CT molecular complexity index is 572. The molecule has 5 heteroatoms. The lowest BCUT2D eigenvalue weighted by atomic mass is 10.1. The third-order valence-electron chi connectivity index (χ3n) is 3.57. The Hall–Kier alpha value is -1.43. The molecule has 2 unspecified atom stereocenters. The summed E-state index contributed by atoms with van der Waals surface area (Å²) in [7, 11) is 4.10. The van der Waals surface area contributed by atoms with Gasteiger partial charge in [-0.1, -0.05) is 12.1 Å². The second kappa shape index (κ2) is 7.02. The fourth-order valence-electron chi connectivity index (χ4n) is 2.30. The summed E-state index contributed by atoms with van der Waals surface area (Å²) in [4.78, 5) is 3.46. The van der Waals surface area contributed by atoms with Crippen molar-refractivity contribution in [2.24, 2.45) is 0 Å². The Morgan fingerprint density at radius 3 is 2.67 bits per heavy atom. The molecule has 2 aromatic rings. The van der Waals surface area contributed by atoms with Gasteiger partial charge in [-0.05, 0) is 38.5 Å². The first-order valence-electron chi connectivity index (χ1n) is 6.90. The lowest BCUT2D eigenvalue weighted by Gasteiger charge is -2.26. The molecule has 0 fully saturated rings. The third kappa shape index (κ3) is 4.03. The van der Waals surface area contributed by atoms with Gasteiger partial charge in [0, 0.05) is 29.1 Å². The number of likely N-dealkylation sites (N-methyl/N-ethyl adjacent to an activating group) is 1. The van der Waals surface area contributed by atoms with Gasteiger partial charge in [0.05, 0.1) is 6.04 Å². The van der Waals surface area contributed by atoms with E-state index in [1.807, 2.05) is 27.1 Å². The van der Waals surface area contributed by atoms with Crippen LogP contribution in [-0.2, 0) is 0 Å². The minimum atomic E-state index is -0.423. The van der Waals surface area contributed by atoms with Gasteiger partial charge in [-0.25, -0.2) is 4.39 Å². The molecule has 0 aliphatic carbocycles. The molecule has 1 heterocycles. The van der Waals surface area contributed by atoms with Crippen molar-refractivity contribution in [1.82, 2.24) is 10.2 Å². The van der Waals surface area contributed by atoms with Crippen LogP contribution in [0.2, 0.25) is 0 Å². The van der Waals surface area contributed by atoms with Crippen LogP contribution in [0, 0.1) is 5.82 Å². The number of hydrogen-bond donors (Lipinski definition) is 2. The zero-order valence-electron chi connectivity index (χ0n) is 12.5. The first-order chi connectivity index (χ1) is 9.99. The lowest BCUT2D eigenvalue weighted by molar-refractivity contribution is 0.285. The van der Waals surface area contributed by atoms with Crippen LogP contribution >= 0.6 is 11.3 Å². The van der Waals surface area contributed by atoms with Crippen LogP contribution in [0.5, 0.6) is 5.75 Å². The van der Waals surface area contributed by atoms with Gasteiger partial charge in [-0.2, -0.15) is 0 Å². The average molecular weight is 308 g/mol. The molecule has 1 aromatic heterocycles. The van der Waals surface area contributed by atoms with E-state index in [2.05, 4.69) is 21.7 Å². The quantitative estimate of drug-likeness (QED) is 0.857. The maximum absolute atomic E-state index is 13.0. The molecule has 114 valence electrons. The predicted molar refractivity (Wildman–Crippen MR) is 85.2 cm³/mol. The van der Waals surface area contributed by atoms with Crippen LogP contribution in [0.1, 0.15) is 29.4 Å². The Morgan fingerprint density at radius 2 is 2.10 bits per heavy atom. The fraction of sp³-hybridized carbons (Fsp3) is 0.375. The number of phenolic OH excluding ortho intramolecular Hbond substituents is 1. The lowest BCUT2D eigenvalue weighted by Crippen LogP contribution is -2.32. The van der Waals surface area contributed by atoms with Gasteiger partial charge in [0.2, 0.25) is 0 Å². The number of nitrogens with zero attached hydrogens (tertiary/aromatic N) is 1. The van der Waals surface area contributed by atoms with Crippen LogP contribution in [0.25, 0.3) is 0 Å². The highest BCUT2D eigenvalue weighted by molar-refractivity contribution is 7.10. The summed E-state index contributed by atoms with van der Waals surface area (Å²) in [6.45, 7) is 2.72. The van der Waals surface area contributed by atoms with Crippen molar-refractivity contribution in [3.63, 3.8) is 0 Å². The molecule has 0 spiro atoms. The summed E-state index contributed by atoms with van der Waals surface area (Å²) in [6, 6.07) is 8.54. The fourth-order valence-corrected chi connectivity index (χ4v) is 3.22. The molecule has 3 nitrogen and oxygen atoms in total. The molecule has 0 aliphatic heterocycles. The summed E-state index contributed by atoms with van der Waals surface area (Å²) in [5.41, 5.74) is 0.708. The van der Waals surface area contributed by atoms with E-state index in [0.29, 0.717) is 5.56 Å². The molecule has 0 saturated carbocycles. The number of aromatic hydroxyl groups is 1. The summed E-state index contributed by atoms with van der Waals surface area (Å²) >= 11 is 1.73. The SMILES string of the molecule is CC(NCC(c1cccs1)N(C)C)c1ccc(F)cc1O. The molecule has 0 saturated heterocycles. The maximum atomic E-state index is 13.0. The van der Waals surface area contributed by atoms with Crippen molar-refractivity contribution in [2.45, 2.75) is 19.0 Å². The number of hydrogen-bond acceptors (Lipinski definition) is 4. The number of benzene rings is 1. The van der Waals surface area contributed by atoms with Crippen LogP contribution in [0.3, 0.4) is 0 Å². The zero-order chi connectivity index (χ0) is 15.4. The summed E-state index contributed by atoms with van der Waals surface area (Å²) < 4.78 is 13.0. The van der Waals surface area contributed by atoms with Gasteiger partial charge in [0.25, 0.3) is 0 Å². The number of thiophene rings is 1. The van der Waals surface area contributed by atoms with E-state index in [1.165, 1.54) is 10.9 Å². The molecule has 1 aromatic carbocycles. The van der Waals surface area contributed by atoms with Gasteiger partial charge < -0.3 is 15.3 Å². The Kier molecular flexibility index (Phi) is 5.33. The summed E-state index contributed by atoms with van der Waals surface area (Å²) in [5, 5.41) is 15.3. The Balaban J connectivity index is 2.03. The first-order valence-corrected chi connectivity index (χ1v) is 7.78. The molecular formula is C16H21FN2OS. The Morgan fingerprint density at radius 1 is 1.33 bits per heavy atom. The van der Waals surface area contributed by atoms with E-state index in [0.717, 1.165) is 12.6 Å². The molecule has 21 heavy (non-hydrogen) atoms. The second-order valence-corrected chi connectivity index (χ2v) is 6.31. The number of phenols is 1. The minimum Gasteiger partial charge on any atom is -0.508 e. The molecule has 0 amide bonds. The van der Waals surface area contributed by atoms with E-state index in [1.54, 1.807) is 17.4 Å². The average Bonchev–Trinajstić information content (AvgIpc) is 2.92. The van der Waals surface area contributed by atoms with Crippen LogP contribution < -0.4 is 5.32 Å². The minimum absolute atomic E-state index is 0.00692. The van der Waals surface area contributed by atoms with E-state index >= 15 is 0 Å². The normalized spacial score (nSPS) is 14.3. The van der Waals surface area contributed by atoms with Crippen molar-refractivity contribution in [3.8, 4) is 5.75 Å². The highest BCUT2D eigenvalue weighted by atomic mass is 32.1. The van der Waals surface area contributed by atoms with Crippen LogP contribution in [0.4, 0.5) is 4.39 Å². The smallest absolute Gasteiger partial charge is 0.126 e. The van der Waals surface area contributed by atoms with E-state index in [9.17, 15) is 9.50 Å². The first kappa shape index (κ1) is 15.9. The van der Waals surface area contributed by atoms with Gasteiger partial charge in [0.1, 0.15) is 11.6 Å². The van der Waals surface area contributed by atoms with Gasteiger partial charge in [-0.3, -0.25) is 0 Å². The van der Waals surface area contributed by atoms with Crippen molar-refractivity contribution in [3.05, 3.63) is 52.0 Å². The molecular weight excluding hydrogens is 287 g/mol. The predicted octanol–water partition coefficient (Wildman–Crippen LogP) is 3.55. The molecule has 0 bridgehead atoms. The third-order valence-corrected chi connectivity index (χ3v) is 4.54. The van der Waals surface area contributed by atoms with E-state index < -0.39 is 5.82 Å². The highest BCUT2D eigenvalue weighted by Gasteiger charge is 2.17.